The van der Waals surface area contributed by atoms with Crippen LogP contribution < -0.4 is 0 Å². The molecular weight excluding hydrogens is 257 g/mol. The van der Waals surface area contributed by atoms with Crippen molar-refractivity contribution in [2.45, 2.75) is 31.9 Å². The number of ether oxygens (including phenoxy) is 1. The molecule has 0 bridgehead atoms. The zero-order chi connectivity index (χ0) is 14.3. The van der Waals surface area contributed by atoms with Crippen LogP contribution in [0.5, 0.6) is 0 Å². The van der Waals surface area contributed by atoms with Gasteiger partial charge in [0.1, 0.15) is 6.61 Å². The van der Waals surface area contributed by atoms with Gasteiger partial charge in [-0.25, -0.2) is 0 Å². The molecule has 0 aliphatic rings. The summed E-state index contributed by atoms with van der Waals surface area (Å²) in [7, 11) is 0. The van der Waals surface area contributed by atoms with Gasteiger partial charge in [0.15, 0.2) is 0 Å². The smallest absolute Gasteiger partial charge is 0.396 e. The average molecular weight is 276 g/mol. The Labute approximate surface area is 111 Å². The molecule has 19 heavy (non-hydrogen) atoms. The Morgan fingerprint density at radius 2 is 2.05 bits per heavy atom. The predicted octanol–water partition coefficient (Wildman–Crippen LogP) is 3.43. The SMILES string of the molecule is Cc1cccc(C(CO)CCCOCC(F)(F)F)c1. The molecule has 1 aromatic rings. The second kappa shape index (κ2) is 7.50. The van der Waals surface area contributed by atoms with E-state index < -0.39 is 12.8 Å². The Bertz CT molecular complexity index is 377. The molecule has 0 amide bonds. The second-order valence-electron chi connectivity index (χ2n) is 4.60. The van der Waals surface area contributed by atoms with E-state index in [1.165, 1.54) is 0 Å². The molecular formula is C14H19F3O2. The Kier molecular flexibility index (Phi) is 6.31. The summed E-state index contributed by atoms with van der Waals surface area (Å²) in [5.41, 5.74) is 2.11. The van der Waals surface area contributed by atoms with Crippen LogP contribution in [0.25, 0.3) is 0 Å². The highest BCUT2D eigenvalue weighted by atomic mass is 19.4. The minimum absolute atomic E-state index is 0.0112. The summed E-state index contributed by atoms with van der Waals surface area (Å²) < 4.78 is 40.1. The molecule has 0 aromatic heterocycles. The van der Waals surface area contributed by atoms with Gasteiger partial charge >= 0.3 is 6.18 Å². The first kappa shape index (κ1) is 16.0. The van der Waals surface area contributed by atoms with Gasteiger partial charge in [-0.15, -0.1) is 0 Å². The zero-order valence-electron chi connectivity index (χ0n) is 10.9. The molecule has 1 aromatic carbocycles. The maximum Gasteiger partial charge on any atom is 0.411 e. The number of hydrogen-bond donors (Lipinski definition) is 1. The fourth-order valence-electron chi connectivity index (χ4n) is 1.91. The molecule has 0 radical (unpaired) electrons. The van der Waals surface area contributed by atoms with Crippen LogP contribution in [0.2, 0.25) is 0 Å². The van der Waals surface area contributed by atoms with Crippen LogP contribution in [0.1, 0.15) is 29.9 Å². The first-order chi connectivity index (χ1) is 8.92. The van der Waals surface area contributed by atoms with E-state index in [2.05, 4.69) is 4.74 Å². The highest BCUT2D eigenvalue weighted by Gasteiger charge is 2.27. The molecule has 0 saturated heterocycles. The summed E-state index contributed by atoms with van der Waals surface area (Å²) in [6.07, 6.45) is -3.17. The van der Waals surface area contributed by atoms with Gasteiger partial charge in [0, 0.05) is 19.1 Å². The summed E-state index contributed by atoms with van der Waals surface area (Å²) in [4.78, 5) is 0. The van der Waals surface area contributed by atoms with E-state index in [0.717, 1.165) is 11.1 Å². The van der Waals surface area contributed by atoms with Crippen LogP contribution >= 0.6 is 0 Å². The van der Waals surface area contributed by atoms with Gasteiger partial charge in [-0.05, 0) is 25.3 Å². The van der Waals surface area contributed by atoms with E-state index in [4.69, 9.17) is 0 Å². The van der Waals surface area contributed by atoms with Crippen molar-refractivity contribution in [2.24, 2.45) is 0 Å². The van der Waals surface area contributed by atoms with E-state index in [1.807, 2.05) is 31.2 Å². The van der Waals surface area contributed by atoms with Crippen molar-refractivity contribution < 1.29 is 23.0 Å². The molecule has 0 aliphatic carbocycles. The van der Waals surface area contributed by atoms with Crippen molar-refractivity contribution in [2.75, 3.05) is 19.8 Å². The summed E-state index contributed by atoms with van der Waals surface area (Å²) in [6, 6.07) is 7.78. The number of hydrogen-bond acceptors (Lipinski definition) is 2. The summed E-state index contributed by atoms with van der Waals surface area (Å²) in [5, 5.41) is 9.34. The second-order valence-corrected chi connectivity index (χ2v) is 4.60. The first-order valence-corrected chi connectivity index (χ1v) is 6.24. The van der Waals surface area contributed by atoms with Crippen LogP contribution in [0, 0.1) is 6.92 Å². The van der Waals surface area contributed by atoms with E-state index in [-0.39, 0.29) is 19.1 Å². The average Bonchev–Trinajstić information content (AvgIpc) is 2.32. The van der Waals surface area contributed by atoms with Gasteiger partial charge in [0.05, 0.1) is 0 Å². The third-order valence-corrected chi connectivity index (χ3v) is 2.84. The molecule has 0 fully saturated rings. The van der Waals surface area contributed by atoms with Gasteiger partial charge in [-0.1, -0.05) is 29.8 Å². The Hall–Kier alpha value is -1.07. The highest BCUT2D eigenvalue weighted by molar-refractivity contribution is 5.25. The minimum atomic E-state index is -4.27. The molecule has 0 saturated carbocycles. The lowest BCUT2D eigenvalue weighted by molar-refractivity contribution is -0.174. The van der Waals surface area contributed by atoms with Crippen molar-refractivity contribution in [3.8, 4) is 0 Å². The number of halogens is 3. The van der Waals surface area contributed by atoms with E-state index in [9.17, 15) is 18.3 Å². The Morgan fingerprint density at radius 3 is 2.63 bits per heavy atom. The van der Waals surface area contributed by atoms with Crippen LogP contribution in [-0.4, -0.2) is 31.1 Å². The lowest BCUT2D eigenvalue weighted by atomic mass is 9.94. The number of aliphatic hydroxyl groups excluding tert-OH is 1. The maximum absolute atomic E-state index is 11.9. The van der Waals surface area contributed by atoms with Crippen molar-refractivity contribution in [3.05, 3.63) is 35.4 Å². The van der Waals surface area contributed by atoms with Gasteiger partial charge in [-0.3, -0.25) is 0 Å². The van der Waals surface area contributed by atoms with Crippen molar-refractivity contribution in [1.82, 2.24) is 0 Å². The van der Waals surface area contributed by atoms with Crippen molar-refractivity contribution >= 4 is 0 Å². The molecule has 108 valence electrons. The first-order valence-electron chi connectivity index (χ1n) is 6.24. The number of aryl methyl sites for hydroxylation is 1. The lowest BCUT2D eigenvalue weighted by Crippen LogP contribution is -2.17. The molecule has 1 unspecified atom stereocenters. The highest BCUT2D eigenvalue weighted by Crippen LogP contribution is 2.22. The standard InChI is InChI=1S/C14H19F3O2/c1-11-4-2-5-12(8-11)13(9-18)6-3-7-19-10-14(15,16)17/h2,4-5,8,13,18H,3,6-7,9-10H2,1H3. The molecule has 5 heteroatoms. The van der Waals surface area contributed by atoms with E-state index in [0.29, 0.717) is 12.8 Å². The van der Waals surface area contributed by atoms with Crippen LogP contribution in [-0.2, 0) is 4.74 Å². The summed E-state index contributed by atoms with van der Waals surface area (Å²) >= 11 is 0. The largest absolute Gasteiger partial charge is 0.411 e. The van der Waals surface area contributed by atoms with Crippen LogP contribution in [0.4, 0.5) is 13.2 Å². The molecule has 0 aliphatic heterocycles. The van der Waals surface area contributed by atoms with Gasteiger partial charge < -0.3 is 9.84 Å². The zero-order valence-corrected chi connectivity index (χ0v) is 10.9. The number of benzene rings is 1. The third kappa shape index (κ3) is 6.59. The Morgan fingerprint density at radius 1 is 1.32 bits per heavy atom. The Balaban J connectivity index is 2.34. The van der Waals surface area contributed by atoms with Gasteiger partial charge in [-0.2, -0.15) is 13.2 Å². The van der Waals surface area contributed by atoms with Gasteiger partial charge in [0.2, 0.25) is 0 Å². The molecule has 1 atom stereocenters. The predicted molar refractivity (Wildman–Crippen MR) is 67.1 cm³/mol. The quantitative estimate of drug-likeness (QED) is 0.773. The summed E-state index contributed by atoms with van der Waals surface area (Å²) in [6.45, 7) is 0.802. The fourth-order valence-corrected chi connectivity index (χ4v) is 1.91. The van der Waals surface area contributed by atoms with Crippen LogP contribution in [0.15, 0.2) is 24.3 Å². The topological polar surface area (TPSA) is 29.5 Å². The number of rotatable bonds is 7. The van der Waals surface area contributed by atoms with Crippen molar-refractivity contribution in [1.29, 1.82) is 0 Å². The van der Waals surface area contributed by atoms with E-state index in [1.54, 1.807) is 0 Å². The van der Waals surface area contributed by atoms with E-state index >= 15 is 0 Å². The monoisotopic (exact) mass is 276 g/mol. The molecule has 1 rings (SSSR count). The normalized spacial score (nSPS) is 13.5. The fraction of sp³-hybridized carbons (Fsp3) is 0.571. The van der Waals surface area contributed by atoms with Crippen LogP contribution in [0.3, 0.4) is 0 Å². The molecule has 1 N–H and O–H groups in total. The minimum Gasteiger partial charge on any atom is -0.396 e. The number of alkyl halides is 3. The maximum atomic E-state index is 11.9. The lowest BCUT2D eigenvalue weighted by Gasteiger charge is -2.15. The molecule has 0 heterocycles. The number of aliphatic hydroxyl groups is 1. The molecule has 2 nitrogen and oxygen atoms in total. The third-order valence-electron chi connectivity index (χ3n) is 2.84. The van der Waals surface area contributed by atoms with Crippen molar-refractivity contribution in [3.63, 3.8) is 0 Å². The van der Waals surface area contributed by atoms with Gasteiger partial charge in [0.25, 0.3) is 0 Å². The summed E-state index contributed by atoms with van der Waals surface area (Å²) in [5.74, 6) is -0.0469. The molecule has 0 spiro atoms.